The van der Waals surface area contributed by atoms with Gasteiger partial charge in [-0.15, -0.1) is 0 Å². The van der Waals surface area contributed by atoms with Gasteiger partial charge in [0.25, 0.3) is 5.56 Å². The Bertz CT molecular complexity index is 1430. The van der Waals surface area contributed by atoms with E-state index in [1.165, 1.54) is 4.90 Å². The fraction of sp³-hybridized carbons (Fsp3) is 0.179. The standard InChI is InChI=1S/C28H25N3O4/c32-26-23(17-21-10-4-5-13-24(21)30-26)20-11-6-12-22(16-20)29-27(33)25-14-7-15-31(25)28(34)35-18-19-8-2-1-3-9-19/h1-6,8-13,16-17,25H,7,14-15,18H2,(H,29,33)(H,30,32). The zero-order valence-electron chi connectivity index (χ0n) is 19.1. The van der Waals surface area contributed by atoms with Gasteiger partial charge in [0.2, 0.25) is 5.91 Å². The summed E-state index contributed by atoms with van der Waals surface area (Å²) < 4.78 is 5.44. The van der Waals surface area contributed by atoms with Gasteiger partial charge < -0.3 is 15.0 Å². The lowest BCUT2D eigenvalue weighted by atomic mass is 10.0. The number of fused-ring (bicyclic) bond motifs is 1. The lowest BCUT2D eigenvalue weighted by Gasteiger charge is -2.23. The number of likely N-dealkylation sites (tertiary alicyclic amines) is 1. The molecule has 2 amide bonds. The molecule has 4 aromatic rings. The molecule has 0 bridgehead atoms. The number of carbonyl (C=O) groups excluding carboxylic acids is 2. The molecule has 1 unspecified atom stereocenters. The van der Waals surface area contributed by atoms with Crippen LogP contribution < -0.4 is 10.9 Å². The lowest BCUT2D eigenvalue weighted by molar-refractivity contribution is -0.120. The first-order valence-corrected chi connectivity index (χ1v) is 11.6. The van der Waals surface area contributed by atoms with E-state index in [1.807, 2.05) is 66.7 Å². The Morgan fingerprint density at radius 3 is 2.63 bits per heavy atom. The zero-order chi connectivity index (χ0) is 24.2. The van der Waals surface area contributed by atoms with Gasteiger partial charge >= 0.3 is 6.09 Å². The van der Waals surface area contributed by atoms with Crippen LogP contribution in [-0.2, 0) is 16.1 Å². The van der Waals surface area contributed by atoms with Gasteiger partial charge in [-0.05, 0) is 53.6 Å². The number of aromatic amines is 1. The van der Waals surface area contributed by atoms with Crippen molar-refractivity contribution < 1.29 is 14.3 Å². The molecule has 0 aliphatic carbocycles. The van der Waals surface area contributed by atoms with E-state index >= 15 is 0 Å². The van der Waals surface area contributed by atoms with Crippen molar-refractivity contribution in [2.75, 3.05) is 11.9 Å². The van der Waals surface area contributed by atoms with Gasteiger partial charge in [0, 0.05) is 23.3 Å². The number of aromatic nitrogens is 1. The first kappa shape index (κ1) is 22.4. The molecule has 1 saturated heterocycles. The fourth-order valence-corrected chi connectivity index (χ4v) is 4.41. The van der Waals surface area contributed by atoms with E-state index in [2.05, 4.69) is 10.3 Å². The summed E-state index contributed by atoms with van der Waals surface area (Å²) in [6.07, 6.45) is 0.796. The Hall–Kier alpha value is -4.39. The summed E-state index contributed by atoms with van der Waals surface area (Å²) in [6.45, 7) is 0.630. The number of carbonyl (C=O) groups is 2. The highest BCUT2D eigenvalue weighted by Gasteiger charge is 2.35. The minimum Gasteiger partial charge on any atom is -0.445 e. The van der Waals surface area contributed by atoms with Crippen molar-refractivity contribution in [1.82, 2.24) is 9.88 Å². The van der Waals surface area contributed by atoms with Crippen molar-refractivity contribution in [2.24, 2.45) is 0 Å². The predicted octanol–water partition coefficient (Wildman–Crippen LogP) is 4.93. The first-order chi connectivity index (χ1) is 17.1. The molecule has 0 saturated carbocycles. The summed E-state index contributed by atoms with van der Waals surface area (Å²) in [5.74, 6) is -0.274. The van der Waals surface area contributed by atoms with Crippen molar-refractivity contribution in [1.29, 1.82) is 0 Å². The molecule has 1 atom stereocenters. The zero-order valence-corrected chi connectivity index (χ0v) is 19.1. The highest BCUT2D eigenvalue weighted by molar-refractivity contribution is 5.97. The number of benzene rings is 3. The maximum absolute atomic E-state index is 13.1. The quantitative estimate of drug-likeness (QED) is 0.435. The van der Waals surface area contributed by atoms with Crippen LogP contribution in [-0.4, -0.2) is 34.5 Å². The number of anilines is 1. The molecule has 1 aliphatic rings. The second-order valence-electron chi connectivity index (χ2n) is 8.56. The van der Waals surface area contributed by atoms with Crippen LogP contribution in [0.15, 0.2) is 89.7 Å². The molecule has 7 heteroatoms. The van der Waals surface area contributed by atoms with Gasteiger partial charge in [0.1, 0.15) is 12.6 Å². The molecule has 0 radical (unpaired) electrons. The van der Waals surface area contributed by atoms with Gasteiger partial charge in [-0.1, -0.05) is 60.7 Å². The molecule has 2 N–H and O–H groups in total. The molecule has 7 nitrogen and oxygen atoms in total. The maximum atomic E-state index is 13.1. The topological polar surface area (TPSA) is 91.5 Å². The number of ether oxygens (including phenoxy) is 1. The maximum Gasteiger partial charge on any atom is 0.410 e. The van der Waals surface area contributed by atoms with Crippen LogP contribution in [0, 0.1) is 0 Å². The molecule has 1 fully saturated rings. The van der Waals surface area contributed by atoms with Crippen LogP contribution in [0.1, 0.15) is 18.4 Å². The number of rotatable bonds is 5. The van der Waals surface area contributed by atoms with Crippen LogP contribution in [0.5, 0.6) is 0 Å². The van der Waals surface area contributed by atoms with Gasteiger partial charge in [-0.3, -0.25) is 14.5 Å². The Labute approximate surface area is 202 Å². The number of hydrogen-bond donors (Lipinski definition) is 2. The number of hydrogen-bond acceptors (Lipinski definition) is 4. The minimum atomic E-state index is -0.606. The van der Waals surface area contributed by atoms with Crippen LogP contribution in [0.25, 0.3) is 22.0 Å². The van der Waals surface area contributed by atoms with Crippen LogP contribution in [0.4, 0.5) is 10.5 Å². The average molecular weight is 468 g/mol. The highest BCUT2D eigenvalue weighted by atomic mass is 16.6. The van der Waals surface area contributed by atoms with Gasteiger partial charge in [0.05, 0.1) is 0 Å². The largest absolute Gasteiger partial charge is 0.445 e. The summed E-state index contributed by atoms with van der Waals surface area (Å²) in [5, 5.41) is 3.83. The van der Waals surface area contributed by atoms with Crippen molar-refractivity contribution in [3.63, 3.8) is 0 Å². The smallest absolute Gasteiger partial charge is 0.410 e. The molecule has 35 heavy (non-hydrogen) atoms. The van der Waals surface area contributed by atoms with Gasteiger partial charge in [-0.25, -0.2) is 4.79 Å². The number of pyridine rings is 1. The second-order valence-corrected chi connectivity index (χ2v) is 8.56. The summed E-state index contributed by atoms with van der Waals surface area (Å²) >= 11 is 0. The van der Waals surface area contributed by atoms with E-state index in [0.29, 0.717) is 29.8 Å². The molecule has 0 spiro atoms. The SMILES string of the molecule is O=C(Nc1cccc(-c2cc3ccccc3[nH]c2=O)c1)C1CCCN1C(=O)OCc1ccccc1. The molecular weight excluding hydrogens is 442 g/mol. The molecule has 1 aliphatic heterocycles. The number of H-pyrrole nitrogens is 1. The van der Waals surface area contributed by atoms with Gasteiger partial charge in [0.15, 0.2) is 0 Å². The summed E-state index contributed by atoms with van der Waals surface area (Å²) in [4.78, 5) is 42.8. The third-order valence-electron chi connectivity index (χ3n) is 6.19. The lowest BCUT2D eigenvalue weighted by Crippen LogP contribution is -2.43. The second kappa shape index (κ2) is 9.85. The Morgan fingerprint density at radius 2 is 1.77 bits per heavy atom. The average Bonchev–Trinajstić information content (AvgIpc) is 3.38. The van der Waals surface area contributed by atoms with E-state index in [4.69, 9.17) is 4.74 Å². The molecular formula is C28H25N3O4. The van der Waals surface area contributed by atoms with Crippen LogP contribution in [0.2, 0.25) is 0 Å². The van der Waals surface area contributed by atoms with E-state index in [0.717, 1.165) is 22.9 Å². The first-order valence-electron chi connectivity index (χ1n) is 11.6. The number of para-hydroxylation sites is 1. The van der Waals surface area contributed by atoms with E-state index < -0.39 is 12.1 Å². The fourth-order valence-electron chi connectivity index (χ4n) is 4.41. The van der Waals surface area contributed by atoms with Gasteiger partial charge in [-0.2, -0.15) is 0 Å². The van der Waals surface area contributed by atoms with Crippen molar-refractivity contribution in [2.45, 2.75) is 25.5 Å². The third kappa shape index (κ3) is 4.94. The van der Waals surface area contributed by atoms with E-state index in [-0.39, 0.29) is 18.1 Å². The monoisotopic (exact) mass is 467 g/mol. The molecule has 2 heterocycles. The third-order valence-corrected chi connectivity index (χ3v) is 6.19. The Morgan fingerprint density at radius 1 is 0.971 bits per heavy atom. The Balaban J connectivity index is 1.29. The van der Waals surface area contributed by atoms with Crippen LogP contribution >= 0.6 is 0 Å². The summed E-state index contributed by atoms with van der Waals surface area (Å²) in [7, 11) is 0. The number of nitrogens with one attached hydrogen (secondary N) is 2. The molecule has 5 rings (SSSR count). The molecule has 176 valence electrons. The van der Waals surface area contributed by atoms with E-state index in [1.54, 1.807) is 18.2 Å². The number of nitrogens with zero attached hydrogens (tertiary/aromatic N) is 1. The summed E-state index contributed by atoms with van der Waals surface area (Å²) in [6, 6.07) is 25.4. The normalized spacial score (nSPS) is 15.2. The molecule has 3 aromatic carbocycles. The Kier molecular flexibility index (Phi) is 6.30. The highest BCUT2D eigenvalue weighted by Crippen LogP contribution is 2.24. The minimum absolute atomic E-state index is 0.160. The predicted molar refractivity (Wildman–Crippen MR) is 135 cm³/mol. The van der Waals surface area contributed by atoms with Crippen molar-refractivity contribution >= 4 is 28.6 Å². The van der Waals surface area contributed by atoms with E-state index in [9.17, 15) is 14.4 Å². The number of amides is 2. The van der Waals surface area contributed by atoms with Crippen molar-refractivity contribution in [3.8, 4) is 11.1 Å². The van der Waals surface area contributed by atoms with Crippen molar-refractivity contribution in [3.05, 3.63) is 101 Å². The van der Waals surface area contributed by atoms with Crippen LogP contribution in [0.3, 0.4) is 0 Å². The molecule has 1 aromatic heterocycles. The summed E-state index contributed by atoms with van der Waals surface area (Å²) in [5.41, 5.74) is 3.24.